The first kappa shape index (κ1) is 48.8. The third kappa shape index (κ3) is 10.3. The lowest BCUT2D eigenvalue weighted by Crippen LogP contribution is -2.46. The number of phenolic OH excluding ortho intramolecular Hbond substituents is 2. The van der Waals surface area contributed by atoms with Crippen LogP contribution in [-0.2, 0) is 34.2 Å². The number of hydrogen-bond acceptors (Lipinski definition) is 17. The number of esters is 1. The Morgan fingerprint density at radius 3 is 2.24 bits per heavy atom. The van der Waals surface area contributed by atoms with Crippen LogP contribution in [0, 0.1) is 30.6 Å². The summed E-state index contributed by atoms with van der Waals surface area (Å²) in [7, 11) is -2.12. The molecule has 20 heteroatoms. The summed E-state index contributed by atoms with van der Waals surface area (Å²) in [6, 6.07) is 0. The number of nitrogens with one attached hydrogen (secondary N) is 1. The van der Waals surface area contributed by atoms with Crippen LogP contribution in [0.1, 0.15) is 70.0 Å². The Hall–Kier alpha value is -5.25. The number of nitrogens with zero attached hydrogens (tertiary/aromatic N) is 3. The van der Waals surface area contributed by atoms with Gasteiger partial charge in [-0.15, -0.1) is 0 Å². The van der Waals surface area contributed by atoms with Gasteiger partial charge >= 0.3 is 22.2 Å². The number of benzene rings is 2. The number of anilines is 1. The Balaban J connectivity index is 1.79. The van der Waals surface area contributed by atoms with Crippen LogP contribution in [0.5, 0.6) is 23.0 Å². The number of fused-ring (bicyclic) bond motifs is 14. The number of carbonyl (C=O) groups is 3. The maximum atomic E-state index is 14.6. The third-order valence-electron chi connectivity index (χ3n) is 12.0. The van der Waals surface area contributed by atoms with Gasteiger partial charge in [-0.05, 0) is 27.0 Å². The van der Waals surface area contributed by atoms with Crippen LogP contribution >= 0.6 is 0 Å². The van der Waals surface area contributed by atoms with E-state index < -0.39 is 116 Å². The van der Waals surface area contributed by atoms with Crippen molar-refractivity contribution in [2.24, 2.45) is 28.8 Å². The molecule has 4 heterocycles. The number of likely N-dealkylation sites (N-methyl/N-ethyl adjacent to an activating group) is 1. The number of carbonyl (C=O) groups excluding carboxylic acids is 3. The van der Waals surface area contributed by atoms with Crippen LogP contribution in [0.2, 0.25) is 0 Å². The van der Waals surface area contributed by atoms with Gasteiger partial charge < -0.3 is 53.8 Å². The molecule has 6 rings (SSSR count). The van der Waals surface area contributed by atoms with Crippen molar-refractivity contribution in [2.45, 2.75) is 85.6 Å². The fourth-order valence-corrected chi connectivity index (χ4v) is 8.47. The van der Waals surface area contributed by atoms with Crippen molar-refractivity contribution >= 4 is 50.7 Å². The number of hydrogen-bond donors (Lipinski definition) is 6. The van der Waals surface area contributed by atoms with Crippen molar-refractivity contribution in [1.29, 1.82) is 0 Å². The minimum atomic E-state index is -5.44. The summed E-state index contributed by atoms with van der Waals surface area (Å²) < 4.78 is 63.8. The van der Waals surface area contributed by atoms with E-state index in [0.717, 1.165) is 12.5 Å². The zero-order valence-electron chi connectivity index (χ0n) is 37.0. The van der Waals surface area contributed by atoms with Crippen molar-refractivity contribution in [1.82, 2.24) is 9.91 Å². The zero-order chi connectivity index (χ0) is 46.9. The SMILES string of the molecule is CO[C@H]1/C=C/O[C@@]2(C)Oc3c(C)c(O)c4c(OS(=O)(=O)O)c(c(/C=N/N5CCN(C)CC5)c(O)c4c3C2=O)NC(=O)/C(C)=C\C=C\[C@H](C)[C@H](O)[C@@H](C)[C@@H](O)[C@@H](C)[C@H](OC(C)=O)[C@@H]1C. The highest BCUT2D eigenvalue weighted by Crippen LogP contribution is 2.55. The zero-order valence-corrected chi connectivity index (χ0v) is 37.8. The number of amides is 1. The number of rotatable bonds is 6. The van der Waals surface area contributed by atoms with Crippen LogP contribution in [0.4, 0.5) is 5.69 Å². The van der Waals surface area contributed by atoms with E-state index in [-0.39, 0.29) is 28.0 Å². The number of aliphatic hydroxyl groups is 2. The van der Waals surface area contributed by atoms with Crippen LogP contribution in [0.15, 0.2) is 41.2 Å². The summed E-state index contributed by atoms with van der Waals surface area (Å²) in [4.78, 5) is 43.0. The molecule has 0 spiro atoms. The van der Waals surface area contributed by atoms with Crippen LogP contribution < -0.4 is 14.2 Å². The topological polar surface area (TPSA) is 264 Å². The summed E-state index contributed by atoms with van der Waals surface area (Å²) in [5, 5.41) is 54.5. The summed E-state index contributed by atoms with van der Waals surface area (Å²) in [6.45, 7) is 14.2. The van der Waals surface area contributed by atoms with Gasteiger partial charge in [0.05, 0.1) is 53.0 Å². The second kappa shape index (κ2) is 19.2. The number of methoxy groups -OCH3 is 1. The normalized spacial score (nSPS) is 31.0. The second-order valence-electron chi connectivity index (χ2n) is 16.6. The molecule has 19 nitrogen and oxygen atoms in total. The first-order valence-electron chi connectivity index (χ1n) is 20.5. The molecular weight excluding hydrogens is 845 g/mol. The Morgan fingerprint density at radius 2 is 1.63 bits per heavy atom. The Morgan fingerprint density at radius 1 is 0.984 bits per heavy atom. The van der Waals surface area contributed by atoms with Crippen molar-refractivity contribution in [3.8, 4) is 23.0 Å². The lowest BCUT2D eigenvalue weighted by atomic mass is 9.78. The third-order valence-corrected chi connectivity index (χ3v) is 12.4. The number of phenols is 2. The summed E-state index contributed by atoms with van der Waals surface area (Å²) in [5.41, 5.74) is -1.38. The molecule has 0 aliphatic carbocycles. The number of allylic oxidation sites excluding steroid dienone is 2. The van der Waals surface area contributed by atoms with Crippen LogP contribution in [-0.4, -0.2) is 138 Å². The number of Topliss-reactive ketones (excluding diaryl/α,β-unsaturated/α-hetero) is 1. The van der Waals surface area contributed by atoms with Gasteiger partial charge in [-0.25, -0.2) is 0 Å². The molecular formula is C43H58N4O15S. The molecule has 1 amide bonds. The molecule has 0 unspecified atom stereocenters. The summed E-state index contributed by atoms with van der Waals surface area (Å²) in [5.74, 6) is -9.91. The van der Waals surface area contributed by atoms with E-state index in [9.17, 15) is 47.8 Å². The van der Waals surface area contributed by atoms with Gasteiger partial charge in [0.15, 0.2) is 5.75 Å². The van der Waals surface area contributed by atoms with Crippen molar-refractivity contribution in [3.05, 3.63) is 52.8 Å². The molecule has 2 aromatic carbocycles. The molecule has 1 saturated heterocycles. The van der Waals surface area contributed by atoms with Crippen LogP contribution in [0.25, 0.3) is 10.8 Å². The van der Waals surface area contributed by atoms with Gasteiger partial charge in [0.2, 0.25) is 0 Å². The first-order valence-corrected chi connectivity index (χ1v) is 21.8. The van der Waals surface area contributed by atoms with E-state index >= 15 is 0 Å². The number of ketones is 1. The smallest absolute Gasteiger partial charge is 0.446 e. The fraction of sp³-hybridized carbons (Fsp3) is 0.535. The molecule has 346 valence electrons. The average molecular weight is 903 g/mol. The Kier molecular flexibility index (Phi) is 14.9. The second-order valence-corrected chi connectivity index (χ2v) is 17.6. The van der Waals surface area contributed by atoms with E-state index in [0.29, 0.717) is 26.2 Å². The monoisotopic (exact) mass is 902 g/mol. The molecule has 1 fully saturated rings. The average Bonchev–Trinajstić information content (AvgIpc) is 3.48. The molecule has 5 bridgehead atoms. The van der Waals surface area contributed by atoms with E-state index in [2.05, 4.69) is 15.3 Å². The number of ether oxygens (including phenoxy) is 4. The fourth-order valence-electron chi connectivity index (χ4n) is 8.09. The number of aromatic hydroxyl groups is 2. The number of aliphatic hydroxyl groups excluding tert-OH is 2. The van der Waals surface area contributed by atoms with E-state index in [1.807, 2.05) is 7.05 Å². The minimum absolute atomic E-state index is 0.0215. The van der Waals surface area contributed by atoms with Gasteiger partial charge in [0.25, 0.3) is 11.7 Å². The number of piperazine rings is 1. The summed E-state index contributed by atoms with van der Waals surface area (Å²) >= 11 is 0. The minimum Gasteiger partial charge on any atom is -0.507 e. The van der Waals surface area contributed by atoms with Gasteiger partial charge in [0.1, 0.15) is 23.4 Å². The molecule has 0 saturated carbocycles. The van der Waals surface area contributed by atoms with Gasteiger partial charge in [-0.2, -0.15) is 13.5 Å². The largest absolute Gasteiger partial charge is 0.507 e. The lowest BCUT2D eigenvalue weighted by Gasteiger charge is -2.38. The van der Waals surface area contributed by atoms with E-state index in [4.69, 9.17) is 23.1 Å². The highest BCUT2D eigenvalue weighted by atomic mass is 32.3. The Bertz CT molecular complexity index is 2340. The molecule has 63 heavy (non-hydrogen) atoms. The first-order chi connectivity index (χ1) is 29.4. The van der Waals surface area contributed by atoms with E-state index in [1.165, 1.54) is 53.0 Å². The van der Waals surface area contributed by atoms with Gasteiger partial charge in [-0.3, -0.25) is 23.9 Å². The molecule has 2 aromatic rings. The van der Waals surface area contributed by atoms with Crippen molar-refractivity contribution < 1.29 is 70.9 Å². The molecule has 9 atom stereocenters. The van der Waals surface area contributed by atoms with Crippen LogP contribution in [0.3, 0.4) is 0 Å². The molecule has 4 aliphatic heterocycles. The molecule has 4 aliphatic rings. The molecule has 6 N–H and O–H groups in total. The van der Waals surface area contributed by atoms with Crippen molar-refractivity contribution in [2.75, 3.05) is 45.7 Å². The predicted molar refractivity (Wildman–Crippen MR) is 231 cm³/mol. The maximum absolute atomic E-state index is 14.6. The van der Waals surface area contributed by atoms with Gasteiger partial charge in [0, 0.05) is 87.3 Å². The quantitative estimate of drug-likeness (QED) is 0.137. The maximum Gasteiger partial charge on any atom is 0.446 e. The molecule has 0 radical (unpaired) electrons. The van der Waals surface area contributed by atoms with E-state index in [1.54, 1.807) is 38.8 Å². The summed E-state index contributed by atoms with van der Waals surface area (Å²) in [6.07, 6.45) is 4.05. The Labute approximate surface area is 366 Å². The molecule has 0 aromatic heterocycles. The highest BCUT2D eigenvalue weighted by molar-refractivity contribution is 7.81. The predicted octanol–water partition coefficient (Wildman–Crippen LogP) is 3.81. The van der Waals surface area contributed by atoms with Gasteiger partial charge in [-0.1, -0.05) is 45.9 Å². The standard InChI is InChI=1S/C43H58N4O15S/c1-21-12-11-13-22(2)42(54)45-33-28(20-44-47-17-15-46(9)16-18-47)37(52)30-31(40(33)62-63(55,56)57)36(51)26(6)39-32(30)41(53)43(8,61-39)59-19-14-29(58-10)23(3)38(60-27(7)48)25(5)35(50)24(4)34(21)49/h11-14,19-21,23-25,29,34-35,38,49-52H,15-18H2,1-10H3,(H,45,54)(H,55,56,57)/b12-11+,19-14+,22-13-,44-20+/t21-,23+,24+,25+,29-,34-,35+,38+,43-/m0/s1. The highest BCUT2D eigenvalue weighted by Gasteiger charge is 2.50. The van der Waals surface area contributed by atoms with Crippen molar-refractivity contribution in [3.63, 3.8) is 0 Å². The number of hydrazone groups is 1. The lowest BCUT2D eigenvalue weighted by molar-refractivity contribution is -0.160.